The predicted molar refractivity (Wildman–Crippen MR) is 102 cm³/mol. The summed E-state index contributed by atoms with van der Waals surface area (Å²) >= 11 is 0. The SMILES string of the molecule is O=C(NCc1ccncc1)c1ccnc(C(=O)NCCc2ccccc2)c1. The molecule has 1 aromatic carbocycles. The minimum atomic E-state index is -0.297. The van der Waals surface area contributed by atoms with Crippen molar-refractivity contribution in [3.05, 3.63) is 95.6 Å². The summed E-state index contributed by atoms with van der Waals surface area (Å²) in [6.07, 6.45) is 5.55. The minimum absolute atomic E-state index is 0.222. The van der Waals surface area contributed by atoms with E-state index in [0.29, 0.717) is 18.7 Å². The minimum Gasteiger partial charge on any atom is -0.350 e. The normalized spacial score (nSPS) is 10.2. The van der Waals surface area contributed by atoms with Crippen molar-refractivity contribution in [1.82, 2.24) is 20.6 Å². The molecular weight excluding hydrogens is 340 g/mol. The first-order chi connectivity index (χ1) is 13.2. The van der Waals surface area contributed by atoms with E-state index in [2.05, 4.69) is 20.6 Å². The first-order valence-corrected chi connectivity index (χ1v) is 8.67. The predicted octanol–water partition coefficient (Wildman–Crippen LogP) is 2.38. The van der Waals surface area contributed by atoms with Crippen molar-refractivity contribution in [2.45, 2.75) is 13.0 Å². The summed E-state index contributed by atoms with van der Waals surface area (Å²) in [4.78, 5) is 32.6. The van der Waals surface area contributed by atoms with E-state index < -0.39 is 0 Å². The van der Waals surface area contributed by atoms with Crippen LogP contribution in [0.1, 0.15) is 32.0 Å². The fraction of sp³-hybridized carbons (Fsp3) is 0.143. The van der Waals surface area contributed by atoms with Gasteiger partial charge in [-0.3, -0.25) is 19.6 Å². The lowest BCUT2D eigenvalue weighted by Crippen LogP contribution is -2.27. The number of nitrogens with one attached hydrogen (secondary N) is 2. The zero-order chi connectivity index (χ0) is 18.9. The van der Waals surface area contributed by atoms with E-state index in [1.165, 1.54) is 12.3 Å². The van der Waals surface area contributed by atoms with E-state index in [9.17, 15) is 9.59 Å². The second-order valence-corrected chi connectivity index (χ2v) is 5.96. The van der Waals surface area contributed by atoms with Gasteiger partial charge >= 0.3 is 0 Å². The molecule has 2 amide bonds. The molecule has 0 bridgehead atoms. The van der Waals surface area contributed by atoms with Crippen LogP contribution in [0.4, 0.5) is 0 Å². The number of amides is 2. The van der Waals surface area contributed by atoms with Gasteiger partial charge in [-0.25, -0.2) is 0 Å². The highest BCUT2D eigenvalue weighted by Crippen LogP contribution is 2.04. The molecule has 0 aliphatic carbocycles. The maximum atomic E-state index is 12.3. The molecule has 2 N–H and O–H groups in total. The summed E-state index contributed by atoms with van der Waals surface area (Å²) in [7, 11) is 0. The van der Waals surface area contributed by atoms with Gasteiger partial charge in [-0.1, -0.05) is 30.3 Å². The molecule has 3 aromatic rings. The lowest BCUT2D eigenvalue weighted by molar-refractivity contribution is 0.0949. The number of aromatic nitrogens is 2. The fourth-order valence-corrected chi connectivity index (χ4v) is 2.54. The van der Waals surface area contributed by atoms with Crippen LogP contribution in [0.3, 0.4) is 0 Å². The summed E-state index contributed by atoms with van der Waals surface area (Å²) < 4.78 is 0. The third kappa shape index (κ3) is 5.47. The average Bonchev–Trinajstić information content (AvgIpc) is 2.73. The molecule has 2 heterocycles. The van der Waals surface area contributed by atoms with Crippen molar-refractivity contribution in [2.75, 3.05) is 6.54 Å². The van der Waals surface area contributed by atoms with Crippen molar-refractivity contribution in [2.24, 2.45) is 0 Å². The Balaban J connectivity index is 1.54. The molecule has 27 heavy (non-hydrogen) atoms. The Morgan fingerprint density at radius 3 is 2.37 bits per heavy atom. The largest absolute Gasteiger partial charge is 0.350 e. The Labute approximate surface area is 157 Å². The van der Waals surface area contributed by atoms with Gasteiger partial charge in [0.05, 0.1) is 0 Å². The molecule has 136 valence electrons. The highest BCUT2D eigenvalue weighted by atomic mass is 16.2. The van der Waals surface area contributed by atoms with Crippen LogP contribution in [0.25, 0.3) is 0 Å². The molecule has 0 saturated heterocycles. The van der Waals surface area contributed by atoms with Gasteiger partial charge in [0.2, 0.25) is 0 Å². The standard InChI is InChI=1S/C21H20N4O2/c26-20(25-15-17-6-10-22-11-7-17)18-9-13-23-19(14-18)21(27)24-12-8-16-4-2-1-3-5-16/h1-7,9-11,13-14H,8,12,15H2,(H,24,27)(H,25,26). The van der Waals surface area contributed by atoms with Gasteiger partial charge in [0, 0.05) is 37.2 Å². The van der Waals surface area contributed by atoms with E-state index in [-0.39, 0.29) is 17.5 Å². The van der Waals surface area contributed by atoms with Gasteiger partial charge in [0.15, 0.2) is 0 Å². The third-order valence-corrected chi connectivity index (χ3v) is 4.00. The van der Waals surface area contributed by atoms with Crippen LogP contribution in [-0.2, 0) is 13.0 Å². The highest BCUT2D eigenvalue weighted by molar-refractivity contribution is 5.98. The Morgan fingerprint density at radius 1 is 0.815 bits per heavy atom. The molecule has 6 heteroatoms. The number of hydrogen-bond acceptors (Lipinski definition) is 4. The van der Waals surface area contributed by atoms with Gasteiger partial charge in [-0.2, -0.15) is 0 Å². The van der Waals surface area contributed by atoms with Crippen LogP contribution in [0.5, 0.6) is 0 Å². The second-order valence-electron chi connectivity index (χ2n) is 5.96. The van der Waals surface area contributed by atoms with Crippen molar-refractivity contribution in [1.29, 1.82) is 0 Å². The zero-order valence-corrected chi connectivity index (χ0v) is 14.8. The molecule has 0 atom stereocenters. The van der Waals surface area contributed by atoms with Crippen LogP contribution in [-0.4, -0.2) is 28.3 Å². The summed E-state index contributed by atoms with van der Waals surface area (Å²) in [6, 6.07) is 16.7. The summed E-state index contributed by atoms with van der Waals surface area (Å²) in [5, 5.41) is 5.65. The maximum Gasteiger partial charge on any atom is 0.269 e. The van der Waals surface area contributed by atoms with Crippen LogP contribution >= 0.6 is 0 Å². The molecule has 3 rings (SSSR count). The first-order valence-electron chi connectivity index (χ1n) is 8.67. The number of benzene rings is 1. The summed E-state index contributed by atoms with van der Waals surface area (Å²) in [5.41, 5.74) is 2.72. The topological polar surface area (TPSA) is 84.0 Å². The Morgan fingerprint density at radius 2 is 1.59 bits per heavy atom. The van der Waals surface area contributed by atoms with Crippen molar-refractivity contribution in [3.8, 4) is 0 Å². The fourth-order valence-electron chi connectivity index (χ4n) is 2.54. The van der Waals surface area contributed by atoms with Crippen LogP contribution < -0.4 is 10.6 Å². The first kappa shape index (κ1) is 18.3. The quantitative estimate of drug-likeness (QED) is 0.678. The lowest BCUT2D eigenvalue weighted by Gasteiger charge is -2.08. The number of hydrogen-bond donors (Lipinski definition) is 2. The lowest BCUT2D eigenvalue weighted by atomic mass is 10.1. The van der Waals surface area contributed by atoms with Crippen molar-refractivity contribution >= 4 is 11.8 Å². The Kier molecular flexibility index (Phi) is 6.25. The molecule has 0 fully saturated rings. The Bertz CT molecular complexity index is 898. The molecule has 0 aliphatic heterocycles. The van der Waals surface area contributed by atoms with Crippen LogP contribution in [0, 0.1) is 0 Å². The average molecular weight is 360 g/mol. The van der Waals surface area contributed by atoms with Crippen molar-refractivity contribution < 1.29 is 9.59 Å². The molecule has 0 spiro atoms. The van der Waals surface area contributed by atoms with Gasteiger partial charge in [-0.05, 0) is 41.8 Å². The third-order valence-electron chi connectivity index (χ3n) is 4.00. The smallest absolute Gasteiger partial charge is 0.269 e. The summed E-state index contributed by atoms with van der Waals surface area (Å²) in [6.45, 7) is 0.894. The molecule has 6 nitrogen and oxygen atoms in total. The van der Waals surface area contributed by atoms with E-state index >= 15 is 0 Å². The monoisotopic (exact) mass is 360 g/mol. The van der Waals surface area contributed by atoms with Gasteiger partial charge in [0.1, 0.15) is 5.69 Å². The van der Waals surface area contributed by atoms with E-state index in [4.69, 9.17) is 0 Å². The highest BCUT2D eigenvalue weighted by Gasteiger charge is 2.11. The van der Waals surface area contributed by atoms with Gasteiger partial charge in [-0.15, -0.1) is 0 Å². The second kappa shape index (κ2) is 9.24. The number of nitrogens with zero attached hydrogens (tertiary/aromatic N) is 2. The Hall–Kier alpha value is -3.54. The molecule has 0 aliphatic rings. The molecular formula is C21H20N4O2. The molecule has 2 aromatic heterocycles. The van der Waals surface area contributed by atoms with Crippen LogP contribution in [0.2, 0.25) is 0 Å². The molecule has 0 unspecified atom stereocenters. The van der Waals surface area contributed by atoms with Crippen LogP contribution in [0.15, 0.2) is 73.2 Å². The van der Waals surface area contributed by atoms with Gasteiger partial charge in [0.25, 0.3) is 11.8 Å². The number of rotatable bonds is 7. The number of carbonyl (C=O) groups excluding carboxylic acids is 2. The zero-order valence-electron chi connectivity index (χ0n) is 14.8. The number of carbonyl (C=O) groups is 2. The molecule has 0 saturated carbocycles. The maximum absolute atomic E-state index is 12.3. The van der Waals surface area contributed by atoms with E-state index in [1.807, 2.05) is 42.5 Å². The molecule has 0 radical (unpaired) electrons. The van der Waals surface area contributed by atoms with E-state index in [0.717, 1.165) is 17.5 Å². The number of pyridine rings is 2. The van der Waals surface area contributed by atoms with Crippen molar-refractivity contribution in [3.63, 3.8) is 0 Å². The summed E-state index contributed by atoms with van der Waals surface area (Å²) in [5.74, 6) is -0.553. The van der Waals surface area contributed by atoms with E-state index in [1.54, 1.807) is 18.5 Å². The van der Waals surface area contributed by atoms with Gasteiger partial charge < -0.3 is 10.6 Å².